The van der Waals surface area contributed by atoms with Crippen molar-refractivity contribution in [3.63, 3.8) is 0 Å². The van der Waals surface area contributed by atoms with Crippen LogP contribution in [0, 0.1) is 23.2 Å². The van der Waals surface area contributed by atoms with E-state index in [0.29, 0.717) is 12.5 Å². The second-order valence-electron chi connectivity index (χ2n) is 8.80. The molecule has 3 aromatic carbocycles. The van der Waals surface area contributed by atoms with Crippen LogP contribution in [0.3, 0.4) is 0 Å². The quantitative estimate of drug-likeness (QED) is 0.449. The predicted molar refractivity (Wildman–Crippen MR) is 128 cm³/mol. The van der Waals surface area contributed by atoms with Crippen molar-refractivity contribution >= 4 is 5.91 Å². The molecule has 1 fully saturated rings. The Hall–Kier alpha value is -3.38. The van der Waals surface area contributed by atoms with Gasteiger partial charge in [0.15, 0.2) is 0 Å². The summed E-state index contributed by atoms with van der Waals surface area (Å²) in [5, 5.41) is 9.25. The molecule has 0 unspecified atom stereocenters. The third-order valence-electron chi connectivity index (χ3n) is 6.62. The van der Waals surface area contributed by atoms with Gasteiger partial charge in [0.05, 0.1) is 6.07 Å². The van der Waals surface area contributed by atoms with Crippen LogP contribution in [0.1, 0.15) is 53.1 Å². The van der Waals surface area contributed by atoms with Crippen LogP contribution in [0.5, 0.6) is 0 Å². The predicted octanol–water partition coefficient (Wildman–Crippen LogP) is 6.29. The van der Waals surface area contributed by atoms with Crippen molar-refractivity contribution in [1.29, 1.82) is 5.26 Å². The van der Waals surface area contributed by atoms with Crippen LogP contribution in [-0.2, 0) is 0 Å². The van der Waals surface area contributed by atoms with Crippen LogP contribution in [0.25, 0.3) is 0 Å². The molecule has 0 aliphatic heterocycles. The fourth-order valence-corrected chi connectivity index (χ4v) is 4.78. The van der Waals surface area contributed by atoms with E-state index >= 15 is 0 Å². The van der Waals surface area contributed by atoms with Gasteiger partial charge in [-0.05, 0) is 54.9 Å². The number of nitriles is 1. The molecule has 1 aliphatic rings. The zero-order valence-electron chi connectivity index (χ0n) is 18.4. The van der Waals surface area contributed by atoms with E-state index in [0.717, 1.165) is 37.8 Å². The van der Waals surface area contributed by atoms with Gasteiger partial charge in [0, 0.05) is 30.5 Å². The number of amides is 1. The molecule has 1 aliphatic carbocycles. The van der Waals surface area contributed by atoms with Crippen molar-refractivity contribution in [3.05, 3.63) is 108 Å². The van der Waals surface area contributed by atoms with Crippen molar-refractivity contribution in [2.24, 2.45) is 11.8 Å². The maximum absolute atomic E-state index is 13.6. The summed E-state index contributed by atoms with van der Waals surface area (Å²) in [5.74, 6) is 0.816. The molecule has 0 N–H and O–H groups in total. The number of hydrogen-bond donors (Lipinski definition) is 0. The number of rotatable bonds is 7. The Morgan fingerprint density at radius 3 is 1.81 bits per heavy atom. The second kappa shape index (κ2) is 10.8. The Balaban J connectivity index is 1.62. The highest BCUT2D eigenvalue weighted by Crippen LogP contribution is 2.31. The van der Waals surface area contributed by atoms with E-state index in [4.69, 9.17) is 0 Å². The highest BCUT2D eigenvalue weighted by molar-refractivity contribution is 5.94. The van der Waals surface area contributed by atoms with Crippen LogP contribution in [0.2, 0.25) is 0 Å². The summed E-state index contributed by atoms with van der Waals surface area (Å²) in [4.78, 5) is 15.7. The number of benzene rings is 3. The van der Waals surface area contributed by atoms with E-state index < -0.39 is 0 Å². The zero-order chi connectivity index (χ0) is 22.2. The first kappa shape index (κ1) is 21.8. The Labute approximate surface area is 191 Å². The molecule has 3 nitrogen and oxygen atoms in total. The van der Waals surface area contributed by atoms with Crippen molar-refractivity contribution in [3.8, 4) is 6.07 Å². The van der Waals surface area contributed by atoms with Gasteiger partial charge in [-0.25, -0.2) is 0 Å². The number of carbonyl (C=O) groups is 1. The summed E-state index contributed by atoms with van der Waals surface area (Å²) in [7, 11) is 0. The second-order valence-corrected chi connectivity index (χ2v) is 8.80. The molecule has 4 rings (SSSR count). The normalized spacial score (nSPS) is 18.1. The van der Waals surface area contributed by atoms with Gasteiger partial charge >= 0.3 is 0 Å². The van der Waals surface area contributed by atoms with E-state index in [1.165, 1.54) is 11.1 Å². The first-order valence-corrected chi connectivity index (χ1v) is 11.6. The number of nitrogens with zero attached hydrogens (tertiary/aromatic N) is 2. The van der Waals surface area contributed by atoms with Crippen molar-refractivity contribution in [2.75, 3.05) is 13.1 Å². The highest BCUT2D eigenvalue weighted by atomic mass is 16.2. The Kier molecular flexibility index (Phi) is 7.35. The fraction of sp³-hybridized carbons (Fsp3) is 0.310. The Bertz CT molecular complexity index is 980. The average Bonchev–Trinajstić information content (AvgIpc) is 2.88. The highest BCUT2D eigenvalue weighted by Gasteiger charge is 2.28. The molecule has 0 radical (unpaired) electrons. The minimum atomic E-state index is 0.0878. The van der Waals surface area contributed by atoms with E-state index in [-0.39, 0.29) is 17.7 Å². The van der Waals surface area contributed by atoms with E-state index in [1.54, 1.807) is 0 Å². The van der Waals surface area contributed by atoms with Gasteiger partial charge in [-0.1, -0.05) is 78.9 Å². The van der Waals surface area contributed by atoms with Gasteiger partial charge < -0.3 is 4.90 Å². The third kappa shape index (κ3) is 5.45. The lowest BCUT2D eigenvalue weighted by Gasteiger charge is -2.34. The smallest absolute Gasteiger partial charge is 0.253 e. The van der Waals surface area contributed by atoms with Gasteiger partial charge in [-0.15, -0.1) is 0 Å². The Morgan fingerprint density at radius 1 is 0.812 bits per heavy atom. The lowest BCUT2D eigenvalue weighted by atomic mass is 9.82. The van der Waals surface area contributed by atoms with Crippen LogP contribution >= 0.6 is 0 Å². The summed E-state index contributed by atoms with van der Waals surface area (Å²) >= 11 is 0. The van der Waals surface area contributed by atoms with Gasteiger partial charge in [-0.3, -0.25) is 4.79 Å². The summed E-state index contributed by atoms with van der Waals surface area (Å²) in [6, 6.07) is 33.0. The summed E-state index contributed by atoms with van der Waals surface area (Å²) < 4.78 is 0. The average molecular weight is 423 g/mol. The van der Waals surface area contributed by atoms with Gasteiger partial charge in [0.2, 0.25) is 0 Å². The maximum Gasteiger partial charge on any atom is 0.253 e. The molecular weight excluding hydrogens is 392 g/mol. The lowest BCUT2D eigenvalue weighted by molar-refractivity contribution is 0.0703. The molecule has 0 aromatic heterocycles. The molecule has 3 heteroatoms. The topological polar surface area (TPSA) is 44.1 Å². The molecule has 162 valence electrons. The maximum atomic E-state index is 13.6. The summed E-state index contributed by atoms with van der Waals surface area (Å²) in [6.07, 6.45) is 3.90. The molecule has 32 heavy (non-hydrogen) atoms. The molecule has 0 saturated heterocycles. The van der Waals surface area contributed by atoms with Gasteiger partial charge in [0.1, 0.15) is 0 Å². The fourth-order valence-electron chi connectivity index (χ4n) is 4.78. The van der Waals surface area contributed by atoms with E-state index in [9.17, 15) is 10.1 Å². The van der Waals surface area contributed by atoms with E-state index in [2.05, 4.69) is 59.5 Å². The molecule has 1 saturated carbocycles. The summed E-state index contributed by atoms with van der Waals surface area (Å²) in [6.45, 7) is 1.38. The van der Waals surface area contributed by atoms with Crippen LogP contribution < -0.4 is 0 Å². The molecule has 0 spiro atoms. The molecule has 3 aromatic rings. The number of carbonyl (C=O) groups excluding carboxylic acids is 1. The minimum absolute atomic E-state index is 0.0878. The van der Waals surface area contributed by atoms with Gasteiger partial charge in [-0.2, -0.15) is 5.26 Å². The zero-order valence-corrected chi connectivity index (χ0v) is 18.4. The SMILES string of the molecule is N#CC1CCC(CN(CC(c2ccccc2)c2ccccc2)C(=O)c2ccccc2)CC1. The number of hydrogen-bond acceptors (Lipinski definition) is 2. The molecule has 0 atom stereocenters. The van der Waals surface area contributed by atoms with Gasteiger partial charge in [0.25, 0.3) is 5.91 Å². The molecule has 0 bridgehead atoms. The van der Waals surface area contributed by atoms with Crippen molar-refractivity contribution in [1.82, 2.24) is 4.90 Å². The summed E-state index contributed by atoms with van der Waals surface area (Å²) in [5.41, 5.74) is 3.17. The standard InChI is InChI=1S/C29H30N2O/c30-20-23-16-18-24(19-17-23)21-31(29(32)27-14-8-3-9-15-27)22-28(25-10-4-1-5-11-25)26-12-6-2-7-13-26/h1-15,23-24,28H,16-19,21-22H2. The van der Waals surface area contributed by atoms with Crippen LogP contribution in [0.4, 0.5) is 0 Å². The third-order valence-corrected chi connectivity index (χ3v) is 6.62. The first-order chi connectivity index (χ1) is 15.7. The Morgan fingerprint density at radius 2 is 1.31 bits per heavy atom. The van der Waals surface area contributed by atoms with Crippen LogP contribution in [-0.4, -0.2) is 23.9 Å². The van der Waals surface area contributed by atoms with E-state index in [1.807, 2.05) is 42.5 Å². The molecular formula is C29H30N2O. The van der Waals surface area contributed by atoms with Crippen LogP contribution in [0.15, 0.2) is 91.0 Å². The largest absolute Gasteiger partial charge is 0.337 e. The van der Waals surface area contributed by atoms with Crippen molar-refractivity contribution < 1.29 is 4.79 Å². The monoisotopic (exact) mass is 422 g/mol. The molecule has 0 heterocycles. The minimum Gasteiger partial charge on any atom is -0.337 e. The lowest BCUT2D eigenvalue weighted by Crippen LogP contribution is -2.39. The van der Waals surface area contributed by atoms with Crippen molar-refractivity contribution in [2.45, 2.75) is 31.6 Å². The molecule has 1 amide bonds. The first-order valence-electron chi connectivity index (χ1n) is 11.6.